The summed E-state index contributed by atoms with van der Waals surface area (Å²) in [6, 6.07) is 14.9. The van der Waals surface area contributed by atoms with Gasteiger partial charge in [0, 0.05) is 93.5 Å². The first-order valence-electron chi connectivity index (χ1n) is 13.5. The van der Waals surface area contributed by atoms with Crippen LogP contribution in [0.4, 0.5) is 18.9 Å². The van der Waals surface area contributed by atoms with Crippen LogP contribution in [0.5, 0.6) is 0 Å². The van der Waals surface area contributed by atoms with Gasteiger partial charge in [-0.1, -0.05) is 29.8 Å². The van der Waals surface area contributed by atoms with Crippen LogP contribution in [0.25, 0.3) is 0 Å². The normalized spacial score (nSPS) is 17.1. The Morgan fingerprint density at radius 3 is 2.42 bits per heavy atom. The van der Waals surface area contributed by atoms with Crippen LogP contribution in [-0.2, 0) is 25.6 Å². The van der Waals surface area contributed by atoms with Gasteiger partial charge in [-0.2, -0.15) is 13.2 Å². The maximum atomic E-state index is 13.7. The third kappa shape index (κ3) is 9.36. The number of piperazine rings is 1. The summed E-state index contributed by atoms with van der Waals surface area (Å²) in [6.07, 6.45) is -1.19. The number of carbonyl (C=O) groups is 1. The predicted molar refractivity (Wildman–Crippen MR) is 172 cm³/mol. The number of pyridine rings is 1. The van der Waals surface area contributed by atoms with E-state index in [1.165, 1.54) is 17.3 Å². The van der Waals surface area contributed by atoms with Crippen molar-refractivity contribution in [3.63, 3.8) is 0 Å². The quantitative estimate of drug-likeness (QED) is 0.309. The van der Waals surface area contributed by atoms with Crippen molar-refractivity contribution in [3.05, 3.63) is 93.8 Å². The molecular formula is C30H36Cl4F3N5O. The summed E-state index contributed by atoms with van der Waals surface area (Å²) in [6.45, 7) is 5.32. The number of nitrogens with zero attached hydrogens (tertiary/aromatic N) is 4. The van der Waals surface area contributed by atoms with Crippen LogP contribution in [0.1, 0.15) is 32.7 Å². The molecule has 0 aliphatic carbocycles. The van der Waals surface area contributed by atoms with Gasteiger partial charge in [-0.15, -0.1) is 37.2 Å². The molecule has 1 atom stereocenters. The maximum Gasteiger partial charge on any atom is 0.416 e. The number of carbonyl (C=O) groups excluding carboxylic acids is 1. The molecule has 1 saturated heterocycles. The Morgan fingerprint density at radius 2 is 1.72 bits per heavy atom. The van der Waals surface area contributed by atoms with E-state index in [4.69, 9.17) is 11.6 Å². The third-order valence-corrected chi connectivity index (χ3v) is 8.04. The number of aromatic nitrogens is 1. The first kappa shape index (κ1) is 36.9. The molecule has 3 aromatic rings. The summed E-state index contributed by atoms with van der Waals surface area (Å²) in [4.78, 5) is 24.7. The maximum absolute atomic E-state index is 13.7. The topological polar surface area (TPSA) is 51.7 Å². The first-order valence-corrected chi connectivity index (χ1v) is 13.9. The van der Waals surface area contributed by atoms with Crippen molar-refractivity contribution in [3.8, 4) is 0 Å². The Bertz CT molecular complexity index is 1350. The van der Waals surface area contributed by atoms with E-state index in [0.717, 1.165) is 50.3 Å². The van der Waals surface area contributed by atoms with Crippen molar-refractivity contribution in [1.82, 2.24) is 19.7 Å². The van der Waals surface area contributed by atoms with E-state index >= 15 is 0 Å². The standard InChI is InChI=1S/C30H33ClF3N5O.3ClH/c1-35-26-17-23(16-24(18-26)30(32,33)34)29(40)39-14-13-38(20-27(39)15-21-4-6-25(31)7-5-21)12-11-37-10-8-28-22(19-37)3-2-9-36-28;;;/h2-7,9,16-18,27,35H,8,10-15,19-20H2,1H3;3*1H/t27-;;;/m1.../s1. The number of nitrogens with one attached hydrogen (secondary N) is 1. The number of hydrogen-bond acceptors (Lipinski definition) is 5. The average Bonchev–Trinajstić information content (AvgIpc) is 2.96. The Balaban J connectivity index is 0.00000215. The zero-order valence-corrected chi connectivity index (χ0v) is 26.9. The third-order valence-electron chi connectivity index (χ3n) is 7.78. The van der Waals surface area contributed by atoms with E-state index in [2.05, 4.69) is 26.2 Å². The SMILES string of the molecule is CNc1cc(C(=O)N2CCN(CCN3CCc4ncccc4C3)C[C@H]2Cc2ccc(Cl)cc2)cc(C(F)(F)F)c1.Cl.Cl.Cl. The van der Waals surface area contributed by atoms with Crippen LogP contribution < -0.4 is 5.32 Å². The minimum atomic E-state index is -4.55. The molecule has 1 fully saturated rings. The lowest BCUT2D eigenvalue weighted by Crippen LogP contribution is -2.57. The largest absolute Gasteiger partial charge is 0.416 e. The van der Waals surface area contributed by atoms with Crippen LogP contribution in [0.2, 0.25) is 5.02 Å². The minimum absolute atomic E-state index is 0. The zero-order valence-electron chi connectivity index (χ0n) is 23.6. The lowest BCUT2D eigenvalue weighted by Gasteiger charge is -2.42. The average molecular weight is 681 g/mol. The number of halogens is 7. The lowest BCUT2D eigenvalue weighted by atomic mass is 10.00. The number of anilines is 1. The molecule has 2 aromatic carbocycles. The molecule has 13 heteroatoms. The van der Waals surface area contributed by atoms with E-state index in [0.29, 0.717) is 31.1 Å². The Labute approximate surface area is 274 Å². The van der Waals surface area contributed by atoms with Crippen molar-refractivity contribution in [2.45, 2.75) is 31.6 Å². The monoisotopic (exact) mass is 679 g/mol. The highest BCUT2D eigenvalue weighted by Crippen LogP contribution is 2.33. The van der Waals surface area contributed by atoms with Gasteiger partial charge in [-0.25, -0.2) is 0 Å². The lowest BCUT2D eigenvalue weighted by molar-refractivity contribution is -0.137. The number of benzene rings is 2. The molecule has 236 valence electrons. The second-order valence-corrected chi connectivity index (χ2v) is 10.9. The van der Waals surface area contributed by atoms with Crippen LogP contribution in [0.3, 0.4) is 0 Å². The van der Waals surface area contributed by atoms with Gasteiger partial charge < -0.3 is 10.2 Å². The summed E-state index contributed by atoms with van der Waals surface area (Å²) >= 11 is 6.08. The Morgan fingerprint density at radius 1 is 1.00 bits per heavy atom. The molecule has 0 bridgehead atoms. The molecule has 1 N–H and O–H groups in total. The number of rotatable bonds is 7. The summed E-state index contributed by atoms with van der Waals surface area (Å²) < 4.78 is 40.7. The molecule has 1 amide bonds. The molecule has 0 radical (unpaired) electrons. The fraction of sp³-hybridized carbons (Fsp3) is 0.400. The second-order valence-electron chi connectivity index (χ2n) is 10.5. The van der Waals surface area contributed by atoms with E-state index in [1.54, 1.807) is 11.9 Å². The predicted octanol–water partition coefficient (Wildman–Crippen LogP) is 6.49. The highest BCUT2D eigenvalue weighted by molar-refractivity contribution is 6.30. The van der Waals surface area contributed by atoms with Gasteiger partial charge in [-0.3, -0.25) is 19.6 Å². The summed E-state index contributed by atoms with van der Waals surface area (Å²) in [5.74, 6) is -0.388. The van der Waals surface area contributed by atoms with Crippen molar-refractivity contribution in [2.24, 2.45) is 0 Å². The van der Waals surface area contributed by atoms with Crippen LogP contribution in [-0.4, -0.2) is 77.9 Å². The van der Waals surface area contributed by atoms with Gasteiger partial charge in [0.15, 0.2) is 0 Å². The van der Waals surface area contributed by atoms with E-state index in [-0.39, 0.29) is 60.4 Å². The molecule has 0 saturated carbocycles. The van der Waals surface area contributed by atoms with Crippen LogP contribution in [0, 0.1) is 0 Å². The fourth-order valence-electron chi connectivity index (χ4n) is 5.58. The molecule has 3 heterocycles. The second kappa shape index (κ2) is 16.2. The van der Waals surface area contributed by atoms with Crippen molar-refractivity contribution in [2.75, 3.05) is 51.6 Å². The van der Waals surface area contributed by atoms with Crippen molar-refractivity contribution < 1.29 is 18.0 Å². The van der Waals surface area contributed by atoms with Gasteiger partial charge in [0.05, 0.1) is 5.56 Å². The van der Waals surface area contributed by atoms with Gasteiger partial charge in [0.2, 0.25) is 0 Å². The summed E-state index contributed by atoms with van der Waals surface area (Å²) in [5.41, 5.74) is 2.92. The van der Waals surface area contributed by atoms with Crippen molar-refractivity contribution in [1.29, 1.82) is 0 Å². The summed E-state index contributed by atoms with van der Waals surface area (Å²) in [7, 11) is 1.54. The molecule has 2 aliphatic rings. The highest BCUT2D eigenvalue weighted by atomic mass is 35.5. The fourth-order valence-corrected chi connectivity index (χ4v) is 5.71. The molecule has 1 aromatic heterocycles. The Hall–Kier alpha value is -2.27. The van der Waals surface area contributed by atoms with E-state index in [9.17, 15) is 18.0 Å². The van der Waals surface area contributed by atoms with Gasteiger partial charge in [0.1, 0.15) is 0 Å². The van der Waals surface area contributed by atoms with Gasteiger partial charge >= 0.3 is 6.18 Å². The molecule has 43 heavy (non-hydrogen) atoms. The summed E-state index contributed by atoms with van der Waals surface area (Å²) in [5, 5.41) is 3.38. The number of alkyl halides is 3. The molecule has 0 spiro atoms. The Kier molecular flexibility index (Phi) is 13.9. The first-order chi connectivity index (χ1) is 19.2. The van der Waals surface area contributed by atoms with E-state index < -0.39 is 11.7 Å². The molecule has 0 unspecified atom stereocenters. The van der Waals surface area contributed by atoms with Crippen molar-refractivity contribution >= 4 is 60.4 Å². The van der Waals surface area contributed by atoms with Crippen LogP contribution >= 0.6 is 48.8 Å². The number of amides is 1. The van der Waals surface area contributed by atoms with Crippen LogP contribution in [0.15, 0.2) is 60.8 Å². The molecule has 6 nitrogen and oxygen atoms in total. The minimum Gasteiger partial charge on any atom is -0.388 e. The number of hydrogen-bond donors (Lipinski definition) is 1. The van der Waals surface area contributed by atoms with Gasteiger partial charge in [-0.05, 0) is 53.9 Å². The zero-order chi connectivity index (χ0) is 28.3. The smallest absolute Gasteiger partial charge is 0.388 e. The highest BCUT2D eigenvalue weighted by Gasteiger charge is 2.35. The molecule has 5 rings (SSSR count). The van der Waals surface area contributed by atoms with E-state index in [1.807, 2.05) is 36.5 Å². The molecular weight excluding hydrogens is 645 g/mol. The van der Waals surface area contributed by atoms with Gasteiger partial charge in [0.25, 0.3) is 5.91 Å². The number of fused-ring (bicyclic) bond motifs is 1. The molecule has 2 aliphatic heterocycles.